The van der Waals surface area contributed by atoms with Crippen LogP contribution < -0.4 is 5.32 Å². The zero-order chi connectivity index (χ0) is 44.5. The molecule has 63 heavy (non-hydrogen) atoms. The van der Waals surface area contributed by atoms with Crippen molar-refractivity contribution < 1.29 is 47.5 Å². The lowest BCUT2D eigenvalue weighted by Crippen LogP contribution is -2.59. The number of anilines is 1. The summed E-state index contributed by atoms with van der Waals surface area (Å²) >= 11 is 1.70. The number of cyclic esters (lactones) is 1. The maximum absolute atomic E-state index is 15.2. The van der Waals surface area contributed by atoms with E-state index in [0.29, 0.717) is 24.6 Å². The van der Waals surface area contributed by atoms with Crippen molar-refractivity contribution in [3.8, 4) is 0 Å². The SMILES string of the molecule is CC[C@H]1CCC[C@H](O[C@H]2CC[C@H](N(C)C)C(C)O2)[C@@H](C)C(=O)C2=C[C@@H]3C(c4nc(NCc5ccccc5)sc4C4C[C@@H](O[C@@H]5OC(C)[C@H](OC)C(OC)C5OC)C[C@H]43)[C@@H]2CC(=O)O1. The fraction of sp³-hybridized carbons (Fsp3) is 0.735. The third kappa shape index (κ3) is 9.72. The molecular formula is C49H71N3O10S. The maximum atomic E-state index is 15.2. The van der Waals surface area contributed by atoms with Gasteiger partial charge in [-0.2, -0.15) is 0 Å². The van der Waals surface area contributed by atoms with Crippen LogP contribution in [0.1, 0.15) is 113 Å². The number of likely N-dealkylation sites (N-methyl/N-ethyl adjacent to an activating group) is 1. The lowest BCUT2D eigenvalue weighted by Gasteiger charge is -2.44. The third-order valence-corrected chi connectivity index (χ3v) is 16.3. The van der Waals surface area contributed by atoms with Crippen molar-refractivity contribution in [3.05, 3.63) is 58.1 Å². The number of carbonyl (C=O) groups is 2. The minimum Gasteiger partial charge on any atom is -0.462 e. The number of rotatable bonds is 12. The number of benzene rings is 1. The highest BCUT2D eigenvalue weighted by atomic mass is 32.1. The Bertz CT molecular complexity index is 1890. The highest BCUT2D eigenvalue weighted by molar-refractivity contribution is 7.15. The third-order valence-electron chi connectivity index (χ3n) is 15.2. The first-order valence-electron chi connectivity index (χ1n) is 23.5. The Labute approximate surface area is 378 Å². The fourth-order valence-corrected chi connectivity index (χ4v) is 13.1. The van der Waals surface area contributed by atoms with E-state index in [1.54, 1.807) is 32.7 Å². The number of nitrogens with one attached hydrogen (secondary N) is 1. The lowest BCUT2D eigenvalue weighted by atomic mass is 9.67. The van der Waals surface area contributed by atoms with Crippen LogP contribution in [-0.4, -0.2) is 125 Å². The number of fused-ring (bicyclic) bond motifs is 8. The molecule has 0 bridgehead atoms. The molecule has 4 heterocycles. The van der Waals surface area contributed by atoms with Crippen molar-refractivity contribution in [1.29, 1.82) is 0 Å². The molecular weight excluding hydrogens is 823 g/mol. The highest BCUT2D eigenvalue weighted by Crippen LogP contribution is 2.63. The molecule has 14 heteroatoms. The minimum atomic E-state index is -0.659. The summed E-state index contributed by atoms with van der Waals surface area (Å²) in [6, 6.07) is 10.6. The predicted octanol–water partition coefficient (Wildman–Crippen LogP) is 7.63. The van der Waals surface area contributed by atoms with Crippen LogP contribution in [0.4, 0.5) is 5.13 Å². The van der Waals surface area contributed by atoms with Gasteiger partial charge in [-0.25, -0.2) is 4.98 Å². The largest absolute Gasteiger partial charge is 0.462 e. The van der Waals surface area contributed by atoms with Gasteiger partial charge in [0.25, 0.3) is 0 Å². The Morgan fingerprint density at radius 1 is 0.873 bits per heavy atom. The Morgan fingerprint density at radius 2 is 1.63 bits per heavy atom. The molecule has 17 atom stereocenters. The second kappa shape index (κ2) is 20.4. The number of ether oxygens (including phenoxy) is 8. The van der Waals surface area contributed by atoms with Gasteiger partial charge in [-0.05, 0) is 102 Å². The van der Waals surface area contributed by atoms with Gasteiger partial charge in [0.2, 0.25) is 0 Å². The van der Waals surface area contributed by atoms with E-state index in [1.807, 2.05) is 32.0 Å². The molecule has 8 rings (SSSR count). The number of methoxy groups -OCH3 is 3. The molecule has 6 aliphatic rings. The van der Waals surface area contributed by atoms with E-state index in [1.165, 1.54) is 4.88 Å². The van der Waals surface area contributed by atoms with Crippen molar-refractivity contribution in [2.24, 2.45) is 23.7 Å². The van der Waals surface area contributed by atoms with Crippen molar-refractivity contribution in [1.82, 2.24) is 9.88 Å². The molecule has 348 valence electrons. The monoisotopic (exact) mass is 893 g/mol. The number of hydrogen-bond donors (Lipinski definition) is 1. The average Bonchev–Trinajstić information content (AvgIpc) is 3.99. The highest BCUT2D eigenvalue weighted by Gasteiger charge is 2.57. The topological polar surface area (TPSA) is 136 Å². The number of aromatic nitrogens is 1. The molecule has 3 saturated heterocycles. The number of ketones is 1. The number of allylic oxidation sites excluding steroid dienone is 2. The smallest absolute Gasteiger partial charge is 0.306 e. The quantitative estimate of drug-likeness (QED) is 0.210. The first kappa shape index (κ1) is 46.7. The molecule has 13 nitrogen and oxygen atoms in total. The molecule has 0 radical (unpaired) electrons. The van der Waals surface area contributed by atoms with Crippen molar-refractivity contribution in [2.45, 2.75) is 171 Å². The van der Waals surface area contributed by atoms with Gasteiger partial charge >= 0.3 is 5.97 Å². The molecule has 3 aliphatic carbocycles. The lowest BCUT2D eigenvalue weighted by molar-refractivity contribution is -0.314. The van der Waals surface area contributed by atoms with Crippen LogP contribution in [0.2, 0.25) is 0 Å². The van der Waals surface area contributed by atoms with Crippen LogP contribution in [-0.2, 0) is 54.0 Å². The van der Waals surface area contributed by atoms with Gasteiger partial charge in [0.1, 0.15) is 24.4 Å². The number of carbonyl (C=O) groups excluding carboxylic acids is 2. The number of nitrogens with zero attached hydrogens (tertiary/aromatic N) is 2. The van der Waals surface area contributed by atoms with Crippen LogP contribution in [0, 0.1) is 23.7 Å². The molecule has 1 aromatic heterocycles. The van der Waals surface area contributed by atoms with Gasteiger partial charge in [-0.15, -0.1) is 11.3 Å². The Kier molecular flexibility index (Phi) is 15.1. The summed E-state index contributed by atoms with van der Waals surface area (Å²) in [6.45, 7) is 8.81. The first-order valence-corrected chi connectivity index (χ1v) is 24.3. The van der Waals surface area contributed by atoms with E-state index in [4.69, 9.17) is 42.9 Å². The molecule has 3 aliphatic heterocycles. The zero-order valence-electron chi connectivity index (χ0n) is 38.7. The van der Waals surface area contributed by atoms with Crippen LogP contribution in [0.3, 0.4) is 0 Å². The van der Waals surface area contributed by atoms with E-state index in [9.17, 15) is 4.79 Å². The number of Topliss-reactive ketones (excluding diaryl/α,β-unsaturated/α-hetero) is 1. The zero-order valence-corrected chi connectivity index (χ0v) is 39.6. The normalized spacial score (nSPS) is 39.6. The number of thiazole rings is 1. The summed E-state index contributed by atoms with van der Waals surface area (Å²) in [5, 5.41) is 4.46. The molecule has 2 aromatic rings. The molecule has 4 fully saturated rings. The van der Waals surface area contributed by atoms with Crippen LogP contribution in [0.25, 0.3) is 0 Å². The molecule has 0 spiro atoms. The van der Waals surface area contributed by atoms with Gasteiger partial charge in [0.05, 0.1) is 36.5 Å². The van der Waals surface area contributed by atoms with Gasteiger partial charge < -0.3 is 48.1 Å². The Morgan fingerprint density at radius 3 is 2.33 bits per heavy atom. The number of hydrogen-bond acceptors (Lipinski definition) is 14. The summed E-state index contributed by atoms with van der Waals surface area (Å²) in [6.07, 6.45) is 5.30. The van der Waals surface area contributed by atoms with Gasteiger partial charge in [-0.1, -0.05) is 50.3 Å². The molecule has 0 amide bonds. The Balaban J connectivity index is 1.12. The first-order chi connectivity index (χ1) is 30.4. The average molecular weight is 894 g/mol. The van der Waals surface area contributed by atoms with E-state index >= 15 is 4.79 Å². The van der Waals surface area contributed by atoms with Crippen molar-refractivity contribution in [2.75, 3.05) is 40.7 Å². The van der Waals surface area contributed by atoms with Crippen molar-refractivity contribution >= 4 is 28.2 Å². The maximum Gasteiger partial charge on any atom is 0.306 e. The molecule has 1 N–H and O–H groups in total. The standard InChI is InChI=1S/C49H71N3O10S/c1-10-30-17-14-18-38(62-40-20-19-37(52(5)6)27(3)58-40)26(2)43(54)35-23-33-32-21-31(61-48-46(57-9)45(56-8)44(55-7)28(4)59-48)22-36(32)47-42(41(33)34(35)24-39(53)60-30)51-49(63-47)50-25-29-15-12-11-13-16-29/h11-13,15-16,23,26-28,30-34,36-38,40-41,44-46,48H,10,14,17-22,24-25H2,1-9H3,(H,50,51)/t26-,27?,28?,30+,31+,32+,33+,34-,36?,37+,38+,40+,41?,44+,45?,46?,48+/m1/s1. The van der Waals surface area contributed by atoms with Crippen molar-refractivity contribution in [3.63, 3.8) is 0 Å². The predicted molar refractivity (Wildman–Crippen MR) is 239 cm³/mol. The summed E-state index contributed by atoms with van der Waals surface area (Å²) in [5.41, 5.74) is 2.86. The second-order valence-electron chi connectivity index (χ2n) is 19.1. The molecule has 1 aromatic carbocycles. The van der Waals surface area contributed by atoms with Crippen LogP contribution in [0.5, 0.6) is 0 Å². The van der Waals surface area contributed by atoms with E-state index in [0.717, 1.165) is 61.3 Å². The second-order valence-corrected chi connectivity index (χ2v) is 20.1. The van der Waals surface area contributed by atoms with Gasteiger partial charge in [-0.3, -0.25) is 9.59 Å². The van der Waals surface area contributed by atoms with Crippen LogP contribution >= 0.6 is 11.3 Å². The van der Waals surface area contributed by atoms with E-state index < -0.39 is 18.3 Å². The summed E-state index contributed by atoms with van der Waals surface area (Å²) < 4.78 is 50.6. The van der Waals surface area contributed by atoms with Gasteiger partial charge in [0, 0.05) is 62.5 Å². The van der Waals surface area contributed by atoms with E-state index in [2.05, 4.69) is 56.4 Å². The van der Waals surface area contributed by atoms with E-state index in [-0.39, 0.29) is 96.8 Å². The van der Waals surface area contributed by atoms with Gasteiger partial charge in [0.15, 0.2) is 23.5 Å². The summed E-state index contributed by atoms with van der Waals surface area (Å²) in [4.78, 5) is 38.1. The fourth-order valence-electron chi connectivity index (χ4n) is 11.9. The minimum absolute atomic E-state index is 0.00798. The number of esters is 1. The summed E-state index contributed by atoms with van der Waals surface area (Å²) in [7, 11) is 9.17. The van der Waals surface area contributed by atoms with Crippen LogP contribution in [0.15, 0.2) is 42.0 Å². The Hall–Kier alpha value is -2.79. The summed E-state index contributed by atoms with van der Waals surface area (Å²) in [5.74, 6) is -0.955. The molecule has 1 saturated carbocycles. The molecule has 6 unspecified atom stereocenters.